The highest BCUT2D eigenvalue weighted by Gasteiger charge is 2.30. The number of anilines is 1. The van der Waals surface area contributed by atoms with E-state index in [4.69, 9.17) is 4.74 Å². The van der Waals surface area contributed by atoms with E-state index in [1.54, 1.807) is 0 Å². The van der Waals surface area contributed by atoms with Crippen LogP contribution in [-0.2, 0) is 24.5 Å². The molecule has 0 bridgehead atoms. The van der Waals surface area contributed by atoms with Gasteiger partial charge in [0.05, 0.1) is 20.3 Å². The molecule has 0 aliphatic carbocycles. The fourth-order valence-electron chi connectivity index (χ4n) is 2.94. The van der Waals surface area contributed by atoms with Crippen LogP contribution in [0.25, 0.3) is 0 Å². The van der Waals surface area contributed by atoms with Crippen molar-refractivity contribution in [2.24, 2.45) is 0 Å². The third-order valence-corrected chi connectivity index (χ3v) is 4.82. The zero-order valence-electron chi connectivity index (χ0n) is 15.3. The molecule has 1 saturated heterocycles. The maximum atomic E-state index is 11.8. The van der Waals surface area contributed by atoms with Crippen molar-refractivity contribution in [2.75, 3.05) is 39.7 Å². The lowest BCUT2D eigenvalue weighted by atomic mass is 9.74. The highest BCUT2D eigenvalue weighted by Crippen LogP contribution is 2.35. The van der Waals surface area contributed by atoms with Gasteiger partial charge >= 0.3 is 11.9 Å². The molecule has 0 amide bonds. The SMILES string of the molecule is COC(=O)/C=C(/Nc1ccc(C2(C)CCN(C)CC2)cc1)C(=O)OC. The van der Waals surface area contributed by atoms with Gasteiger partial charge in [0.1, 0.15) is 5.70 Å². The molecule has 1 aliphatic heterocycles. The quantitative estimate of drug-likeness (QED) is 0.652. The molecule has 0 atom stereocenters. The van der Waals surface area contributed by atoms with Crippen LogP contribution in [0.15, 0.2) is 36.0 Å². The first-order valence-electron chi connectivity index (χ1n) is 8.32. The van der Waals surface area contributed by atoms with Gasteiger partial charge < -0.3 is 19.7 Å². The van der Waals surface area contributed by atoms with E-state index in [-0.39, 0.29) is 11.1 Å². The fraction of sp³-hybridized carbons (Fsp3) is 0.474. The molecule has 1 aromatic carbocycles. The number of likely N-dealkylation sites (tertiary alicyclic amines) is 1. The Morgan fingerprint density at radius 1 is 1.12 bits per heavy atom. The first-order valence-corrected chi connectivity index (χ1v) is 8.32. The zero-order valence-corrected chi connectivity index (χ0v) is 15.3. The number of esters is 2. The highest BCUT2D eigenvalue weighted by atomic mass is 16.5. The molecule has 6 heteroatoms. The Bertz CT molecular complexity index is 644. The summed E-state index contributed by atoms with van der Waals surface area (Å²) in [6.45, 7) is 4.47. The van der Waals surface area contributed by atoms with Gasteiger partial charge in [-0.25, -0.2) is 9.59 Å². The number of methoxy groups -OCH3 is 2. The molecule has 0 radical (unpaired) electrons. The number of nitrogens with one attached hydrogen (secondary N) is 1. The Kier molecular flexibility index (Phi) is 6.20. The van der Waals surface area contributed by atoms with Gasteiger partial charge in [-0.3, -0.25) is 0 Å². The predicted octanol–water partition coefficient (Wildman–Crippen LogP) is 2.31. The third-order valence-electron chi connectivity index (χ3n) is 4.82. The van der Waals surface area contributed by atoms with Gasteiger partial charge in [0.25, 0.3) is 0 Å². The van der Waals surface area contributed by atoms with Crippen molar-refractivity contribution in [3.05, 3.63) is 41.6 Å². The van der Waals surface area contributed by atoms with Crippen molar-refractivity contribution in [2.45, 2.75) is 25.2 Å². The number of benzene rings is 1. The van der Waals surface area contributed by atoms with Crippen LogP contribution in [0.1, 0.15) is 25.3 Å². The lowest BCUT2D eigenvalue weighted by Gasteiger charge is -2.38. The van der Waals surface area contributed by atoms with Crippen LogP contribution >= 0.6 is 0 Å². The van der Waals surface area contributed by atoms with Crippen LogP contribution < -0.4 is 5.32 Å². The average molecular weight is 346 g/mol. The highest BCUT2D eigenvalue weighted by molar-refractivity contribution is 5.98. The minimum atomic E-state index is -0.628. The predicted molar refractivity (Wildman–Crippen MR) is 96.3 cm³/mol. The van der Waals surface area contributed by atoms with E-state index in [0.29, 0.717) is 5.69 Å². The molecule has 0 unspecified atom stereocenters. The molecule has 1 fully saturated rings. The van der Waals surface area contributed by atoms with Gasteiger partial charge in [0, 0.05) is 5.69 Å². The van der Waals surface area contributed by atoms with Gasteiger partial charge in [0.15, 0.2) is 0 Å². The fourth-order valence-corrected chi connectivity index (χ4v) is 2.94. The summed E-state index contributed by atoms with van der Waals surface area (Å²) in [6.07, 6.45) is 3.32. The summed E-state index contributed by atoms with van der Waals surface area (Å²) in [5.41, 5.74) is 2.19. The summed E-state index contributed by atoms with van der Waals surface area (Å²) in [5, 5.41) is 2.92. The second-order valence-electron chi connectivity index (χ2n) is 6.64. The molecule has 1 heterocycles. The molecule has 2 rings (SSSR count). The summed E-state index contributed by atoms with van der Waals surface area (Å²) < 4.78 is 9.26. The number of piperidine rings is 1. The molecule has 1 aromatic rings. The molecular weight excluding hydrogens is 320 g/mol. The Balaban J connectivity index is 2.14. The minimum Gasteiger partial charge on any atom is -0.466 e. The average Bonchev–Trinajstić information content (AvgIpc) is 2.63. The van der Waals surface area contributed by atoms with E-state index in [1.165, 1.54) is 19.8 Å². The molecule has 1 N–H and O–H groups in total. The maximum Gasteiger partial charge on any atom is 0.354 e. The van der Waals surface area contributed by atoms with Crippen molar-refractivity contribution < 1.29 is 19.1 Å². The monoisotopic (exact) mass is 346 g/mol. The van der Waals surface area contributed by atoms with Gasteiger partial charge in [-0.1, -0.05) is 19.1 Å². The largest absolute Gasteiger partial charge is 0.466 e. The molecule has 1 aliphatic rings. The van der Waals surface area contributed by atoms with Gasteiger partial charge in [-0.05, 0) is 56.1 Å². The molecule has 136 valence electrons. The van der Waals surface area contributed by atoms with E-state index in [1.807, 2.05) is 12.1 Å². The number of hydrogen-bond donors (Lipinski definition) is 1. The van der Waals surface area contributed by atoms with Crippen LogP contribution in [-0.4, -0.2) is 51.2 Å². The van der Waals surface area contributed by atoms with Crippen LogP contribution in [0.2, 0.25) is 0 Å². The molecule has 0 saturated carbocycles. The van der Waals surface area contributed by atoms with E-state index < -0.39 is 11.9 Å². The van der Waals surface area contributed by atoms with Crippen molar-refractivity contribution >= 4 is 17.6 Å². The van der Waals surface area contributed by atoms with Crippen LogP contribution in [0, 0.1) is 0 Å². The summed E-state index contributed by atoms with van der Waals surface area (Å²) in [6, 6.07) is 7.96. The van der Waals surface area contributed by atoms with Crippen molar-refractivity contribution in [1.82, 2.24) is 4.90 Å². The first kappa shape index (κ1) is 19.0. The zero-order chi connectivity index (χ0) is 18.4. The van der Waals surface area contributed by atoms with E-state index in [0.717, 1.165) is 32.0 Å². The minimum absolute atomic E-state index is 0.0348. The molecule has 0 aromatic heterocycles. The van der Waals surface area contributed by atoms with Crippen LogP contribution in [0.3, 0.4) is 0 Å². The molecule has 6 nitrogen and oxygen atoms in total. The lowest BCUT2D eigenvalue weighted by molar-refractivity contribution is -0.138. The van der Waals surface area contributed by atoms with Crippen LogP contribution in [0.5, 0.6) is 0 Å². The van der Waals surface area contributed by atoms with Gasteiger partial charge in [0.2, 0.25) is 0 Å². The standard InChI is InChI=1S/C19H26N2O4/c1-19(9-11-21(2)12-10-19)14-5-7-15(8-6-14)20-16(18(23)25-4)13-17(22)24-3/h5-8,13,20H,9-12H2,1-4H3/b16-13+. The maximum absolute atomic E-state index is 11.8. The third kappa shape index (κ3) is 4.82. The number of nitrogens with zero attached hydrogens (tertiary/aromatic N) is 1. The Morgan fingerprint density at radius 2 is 1.72 bits per heavy atom. The number of carbonyl (C=O) groups is 2. The smallest absolute Gasteiger partial charge is 0.354 e. The lowest BCUT2D eigenvalue weighted by Crippen LogP contribution is -2.38. The van der Waals surface area contributed by atoms with E-state index in [2.05, 4.69) is 41.1 Å². The topological polar surface area (TPSA) is 67.9 Å². The van der Waals surface area contributed by atoms with Crippen LogP contribution in [0.4, 0.5) is 5.69 Å². The Hall–Kier alpha value is -2.34. The summed E-state index contributed by atoms with van der Waals surface area (Å²) in [7, 11) is 4.67. The Morgan fingerprint density at radius 3 is 2.24 bits per heavy atom. The number of hydrogen-bond acceptors (Lipinski definition) is 6. The second-order valence-corrected chi connectivity index (χ2v) is 6.64. The van der Waals surface area contributed by atoms with Crippen molar-refractivity contribution in [3.63, 3.8) is 0 Å². The van der Waals surface area contributed by atoms with E-state index >= 15 is 0 Å². The molecule has 0 spiro atoms. The second kappa shape index (κ2) is 8.16. The number of rotatable bonds is 5. The van der Waals surface area contributed by atoms with Crippen molar-refractivity contribution in [1.29, 1.82) is 0 Å². The normalized spacial score (nSPS) is 17.7. The number of ether oxygens (including phenoxy) is 2. The number of carbonyl (C=O) groups excluding carboxylic acids is 2. The van der Waals surface area contributed by atoms with Crippen molar-refractivity contribution in [3.8, 4) is 0 Å². The summed E-state index contributed by atoms with van der Waals surface area (Å²) in [4.78, 5) is 25.6. The van der Waals surface area contributed by atoms with Gasteiger partial charge in [-0.15, -0.1) is 0 Å². The Labute approximate surface area is 148 Å². The summed E-state index contributed by atoms with van der Waals surface area (Å²) >= 11 is 0. The first-order chi connectivity index (χ1) is 11.9. The molecular formula is C19H26N2O4. The van der Waals surface area contributed by atoms with E-state index in [9.17, 15) is 9.59 Å². The van der Waals surface area contributed by atoms with Gasteiger partial charge in [-0.2, -0.15) is 0 Å². The summed E-state index contributed by atoms with van der Waals surface area (Å²) in [5.74, 6) is -1.25. The molecule has 25 heavy (non-hydrogen) atoms.